The second kappa shape index (κ2) is 7.53. The van der Waals surface area contributed by atoms with Crippen LogP contribution in [0.2, 0.25) is 0 Å². The lowest BCUT2D eigenvalue weighted by atomic mass is 10.3. The molecule has 0 aliphatic heterocycles. The predicted molar refractivity (Wildman–Crippen MR) is 77.3 cm³/mol. The van der Waals surface area contributed by atoms with Gasteiger partial charge in [-0.1, -0.05) is 36.4 Å². The van der Waals surface area contributed by atoms with Gasteiger partial charge in [-0.2, -0.15) is 0 Å². The van der Waals surface area contributed by atoms with Crippen LogP contribution >= 0.6 is 11.8 Å². The molecule has 0 spiro atoms. The fourth-order valence-corrected chi connectivity index (χ4v) is 2.10. The van der Waals surface area contributed by atoms with Gasteiger partial charge >= 0.3 is 0 Å². The van der Waals surface area contributed by atoms with Gasteiger partial charge in [0.05, 0.1) is 5.75 Å². The maximum Gasteiger partial charge on any atom is 0.234 e. The van der Waals surface area contributed by atoms with Gasteiger partial charge in [0.1, 0.15) is 0 Å². The minimum Gasteiger partial charge on any atom is -0.344 e. The van der Waals surface area contributed by atoms with E-state index >= 15 is 0 Å². The van der Waals surface area contributed by atoms with E-state index in [1.54, 1.807) is 0 Å². The van der Waals surface area contributed by atoms with E-state index in [2.05, 4.69) is 5.32 Å². The number of anilines is 1. The van der Waals surface area contributed by atoms with Crippen molar-refractivity contribution in [3.8, 4) is 0 Å². The van der Waals surface area contributed by atoms with Gasteiger partial charge in [0.25, 0.3) is 0 Å². The minimum atomic E-state index is 0. The Labute approximate surface area is 111 Å². The van der Waals surface area contributed by atoms with E-state index in [0.29, 0.717) is 5.75 Å². The molecule has 0 saturated carbocycles. The molecular formula is C14H16N2OS. The van der Waals surface area contributed by atoms with Crippen LogP contribution in [0.4, 0.5) is 5.69 Å². The van der Waals surface area contributed by atoms with Crippen molar-refractivity contribution < 1.29 is 4.79 Å². The molecule has 18 heavy (non-hydrogen) atoms. The maximum absolute atomic E-state index is 11.7. The Morgan fingerprint density at radius 1 is 0.944 bits per heavy atom. The van der Waals surface area contributed by atoms with Crippen LogP contribution in [0.25, 0.3) is 0 Å². The molecule has 0 saturated heterocycles. The van der Waals surface area contributed by atoms with Crippen LogP contribution in [-0.2, 0) is 4.79 Å². The van der Waals surface area contributed by atoms with Crippen LogP contribution in [0.1, 0.15) is 0 Å². The Bertz CT molecular complexity index is 474. The molecule has 4 heteroatoms. The van der Waals surface area contributed by atoms with Crippen LogP contribution in [0.15, 0.2) is 65.6 Å². The van der Waals surface area contributed by atoms with E-state index in [1.807, 2.05) is 60.7 Å². The smallest absolute Gasteiger partial charge is 0.234 e. The van der Waals surface area contributed by atoms with Crippen LogP contribution in [0, 0.1) is 0 Å². The lowest BCUT2D eigenvalue weighted by Crippen LogP contribution is -2.13. The second-order valence-corrected chi connectivity index (χ2v) is 4.56. The van der Waals surface area contributed by atoms with E-state index in [0.717, 1.165) is 10.6 Å². The minimum absolute atomic E-state index is 0. The summed E-state index contributed by atoms with van der Waals surface area (Å²) in [6.45, 7) is 0. The second-order valence-electron chi connectivity index (χ2n) is 3.52. The van der Waals surface area contributed by atoms with Gasteiger partial charge in [0.2, 0.25) is 5.91 Å². The molecule has 4 N–H and O–H groups in total. The number of carbonyl (C=O) groups excluding carboxylic acids is 1. The summed E-state index contributed by atoms with van der Waals surface area (Å²) in [5.74, 6) is 0.448. The largest absolute Gasteiger partial charge is 0.344 e. The highest BCUT2D eigenvalue weighted by Crippen LogP contribution is 2.17. The van der Waals surface area contributed by atoms with Crippen molar-refractivity contribution >= 4 is 23.4 Å². The third kappa shape index (κ3) is 4.61. The molecule has 2 aromatic rings. The summed E-state index contributed by atoms with van der Waals surface area (Å²) in [6.07, 6.45) is 0. The average Bonchev–Trinajstić information content (AvgIpc) is 2.39. The summed E-state index contributed by atoms with van der Waals surface area (Å²) in [7, 11) is 0. The Hall–Kier alpha value is -1.78. The number of hydrogen-bond acceptors (Lipinski definition) is 3. The van der Waals surface area contributed by atoms with Gasteiger partial charge in [-0.25, -0.2) is 0 Å². The summed E-state index contributed by atoms with van der Waals surface area (Å²) in [5, 5.41) is 2.85. The zero-order chi connectivity index (χ0) is 11.9. The van der Waals surface area contributed by atoms with Crippen LogP contribution < -0.4 is 11.5 Å². The molecule has 1 amide bonds. The molecule has 2 rings (SSSR count). The van der Waals surface area contributed by atoms with E-state index in [-0.39, 0.29) is 12.1 Å². The van der Waals surface area contributed by atoms with Gasteiger partial charge < -0.3 is 11.5 Å². The third-order valence-electron chi connectivity index (χ3n) is 2.17. The number of para-hydroxylation sites is 1. The van der Waals surface area contributed by atoms with Gasteiger partial charge in [-0.05, 0) is 24.3 Å². The van der Waals surface area contributed by atoms with E-state index in [9.17, 15) is 4.79 Å². The molecule has 0 aromatic heterocycles. The monoisotopic (exact) mass is 260 g/mol. The molecule has 94 valence electrons. The Balaban J connectivity index is 0.00000162. The van der Waals surface area contributed by atoms with Crippen LogP contribution in [0.3, 0.4) is 0 Å². The number of amides is 1. The fourth-order valence-electron chi connectivity index (χ4n) is 1.38. The average molecular weight is 260 g/mol. The highest BCUT2D eigenvalue weighted by molar-refractivity contribution is 8.00. The zero-order valence-electron chi connectivity index (χ0n) is 10.0. The molecule has 0 atom stereocenters. The first kappa shape index (κ1) is 14.3. The summed E-state index contributed by atoms with van der Waals surface area (Å²) in [4.78, 5) is 12.8. The Morgan fingerprint density at radius 2 is 1.50 bits per heavy atom. The Kier molecular flexibility index (Phi) is 5.97. The fraction of sp³-hybridized carbons (Fsp3) is 0.0714. The third-order valence-corrected chi connectivity index (χ3v) is 3.18. The van der Waals surface area contributed by atoms with Crippen molar-refractivity contribution in [1.29, 1.82) is 0 Å². The van der Waals surface area contributed by atoms with E-state index < -0.39 is 0 Å². The molecule has 0 unspecified atom stereocenters. The molecule has 0 fully saturated rings. The predicted octanol–water partition coefficient (Wildman–Crippen LogP) is 3.58. The van der Waals surface area contributed by atoms with Crippen LogP contribution in [0.5, 0.6) is 0 Å². The molecule has 3 nitrogen and oxygen atoms in total. The Morgan fingerprint density at radius 3 is 2.11 bits per heavy atom. The highest BCUT2D eigenvalue weighted by Gasteiger charge is 2.02. The first-order valence-corrected chi connectivity index (χ1v) is 6.36. The van der Waals surface area contributed by atoms with E-state index in [4.69, 9.17) is 0 Å². The number of nitrogens with one attached hydrogen (secondary N) is 1. The molecular weight excluding hydrogens is 244 g/mol. The molecule has 0 heterocycles. The lowest BCUT2D eigenvalue weighted by Gasteiger charge is -2.04. The van der Waals surface area contributed by atoms with E-state index in [1.165, 1.54) is 11.8 Å². The number of hydrogen-bond donors (Lipinski definition) is 2. The molecule has 0 bridgehead atoms. The summed E-state index contributed by atoms with van der Waals surface area (Å²) >= 11 is 1.54. The SMILES string of the molecule is N.O=C(CSc1ccccc1)Nc1ccccc1. The summed E-state index contributed by atoms with van der Waals surface area (Å²) in [5.41, 5.74) is 0.839. The number of carbonyl (C=O) groups is 1. The standard InChI is InChI=1S/C14H13NOS.H3N/c16-14(15-12-7-3-1-4-8-12)11-17-13-9-5-2-6-10-13;/h1-10H,11H2,(H,15,16);1H3. The van der Waals surface area contributed by atoms with Crippen molar-refractivity contribution in [3.05, 3.63) is 60.7 Å². The maximum atomic E-state index is 11.7. The highest BCUT2D eigenvalue weighted by atomic mass is 32.2. The van der Waals surface area contributed by atoms with Crippen molar-refractivity contribution in [3.63, 3.8) is 0 Å². The first-order valence-electron chi connectivity index (χ1n) is 5.37. The lowest BCUT2D eigenvalue weighted by molar-refractivity contribution is -0.113. The van der Waals surface area contributed by atoms with Gasteiger partial charge in [-0.15, -0.1) is 11.8 Å². The van der Waals surface area contributed by atoms with Crippen LogP contribution in [-0.4, -0.2) is 11.7 Å². The number of thioether (sulfide) groups is 1. The van der Waals surface area contributed by atoms with Crippen molar-refractivity contribution in [2.45, 2.75) is 4.90 Å². The van der Waals surface area contributed by atoms with Crippen molar-refractivity contribution in [2.75, 3.05) is 11.1 Å². The number of rotatable bonds is 4. The first-order chi connectivity index (χ1) is 8.34. The molecule has 0 aliphatic rings. The topological polar surface area (TPSA) is 64.1 Å². The zero-order valence-corrected chi connectivity index (χ0v) is 10.8. The summed E-state index contributed by atoms with van der Waals surface area (Å²) < 4.78 is 0. The normalized spacial score (nSPS) is 9.33. The quantitative estimate of drug-likeness (QED) is 0.826. The van der Waals surface area contributed by atoms with Gasteiger partial charge in [-0.3, -0.25) is 4.79 Å². The molecule has 2 aromatic carbocycles. The van der Waals surface area contributed by atoms with Gasteiger partial charge in [0, 0.05) is 10.6 Å². The molecule has 0 radical (unpaired) electrons. The van der Waals surface area contributed by atoms with Gasteiger partial charge in [0.15, 0.2) is 0 Å². The van der Waals surface area contributed by atoms with Crippen molar-refractivity contribution in [1.82, 2.24) is 6.15 Å². The summed E-state index contributed by atoms with van der Waals surface area (Å²) in [6, 6.07) is 19.4. The number of benzene rings is 2. The molecule has 0 aliphatic carbocycles. The van der Waals surface area contributed by atoms with Crippen molar-refractivity contribution in [2.24, 2.45) is 0 Å².